The molecule has 7 nitrogen and oxygen atoms in total. The van der Waals surface area contributed by atoms with E-state index in [2.05, 4.69) is 5.32 Å². The van der Waals surface area contributed by atoms with Gasteiger partial charge in [-0.25, -0.2) is 0 Å². The van der Waals surface area contributed by atoms with Crippen LogP contribution >= 0.6 is 11.8 Å². The van der Waals surface area contributed by atoms with Gasteiger partial charge in [0.25, 0.3) is 17.1 Å². The lowest BCUT2D eigenvalue weighted by Gasteiger charge is -2.15. The van der Waals surface area contributed by atoms with Crippen LogP contribution in [0.2, 0.25) is 0 Å². The number of aryl methyl sites for hydroxylation is 1. The number of imide groups is 1. The summed E-state index contributed by atoms with van der Waals surface area (Å²) in [6, 6.07) is 26.3. The first kappa shape index (κ1) is 26.1. The van der Waals surface area contributed by atoms with Crippen LogP contribution in [0.1, 0.15) is 16.7 Å². The van der Waals surface area contributed by atoms with Crippen LogP contribution in [0.15, 0.2) is 89.8 Å². The molecule has 1 aliphatic heterocycles. The third kappa shape index (κ3) is 5.81. The van der Waals surface area contributed by atoms with Gasteiger partial charge in [-0.2, -0.15) is 0 Å². The lowest BCUT2D eigenvalue weighted by Crippen LogP contribution is -2.27. The van der Waals surface area contributed by atoms with Crippen molar-refractivity contribution in [1.29, 1.82) is 0 Å². The fraction of sp³-hybridized carbons (Fsp3) is 0.129. The lowest BCUT2D eigenvalue weighted by molar-refractivity contribution is -0.123. The molecule has 8 heteroatoms. The molecule has 5 rings (SSSR count). The Bertz CT molecular complexity index is 1590. The van der Waals surface area contributed by atoms with Crippen molar-refractivity contribution < 1.29 is 23.9 Å². The topological polar surface area (TPSA) is 84.9 Å². The van der Waals surface area contributed by atoms with Gasteiger partial charge in [0, 0.05) is 11.3 Å². The number of para-hydroxylation sites is 1. The van der Waals surface area contributed by atoms with Crippen LogP contribution in [-0.2, 0) is 16.1 Å². The minimum absolute atomic E-state index is 0.171. The van der Waals surface area contributed by atoms with Crippen LogP contribution in [0.4, 0.5) is 10.5 Å². The van der Waals surface area contributed by atoms with Crippen molar-refractivity contribution in [2.24, 2.45) is 0 Å². The third-order valence-corrected chi connectivity index (χ3v) is 7.19. The number of benzene rings is 4. The van der Waals surface area contributed by atoms with Crippen molar-refractivity contribution in [2.45, 2.75) is 13.5 Å². The normalized spacial score (nSPS) is 14.2. The predicted molar refractivity (Wildman–Crippen MR) is 154 cm³/mol. The van der Waals surface area contributed by atoms with E-state index >= 15 is 0 Å². The van der Waals surface area contributed by atoms with Crippen LogP contribution < -0.4 is 14.8 Å². The van der Waals surface area contributed by atoms with E-state index in [9.17, 15) is 14.4 Å². The predicted octanol–water partition coefficient (Wildman–Crippen LogP) is 6.41. The molecule has 0 radical (unpaired) electrons. The van der Waals surface area contributed by atoms with E-state index in [4.69, 9.17) is 9.47 Å². The minimum atomic E-state index is -0.385. The zero-order valence-electron chi connectivity index (χ0n) is 21.5. The van der Waals surface area contributed by atoms with E-state index in [1.54, 1.807) is 24.3 Å². The molecule has 1 heterocycles. The molecule has 0 aromatic heterocycles. The monoisotopic (exact) mass is 538 g/mol. The summed E-state index contributed by atoms with van der Waals surface area (Å²) < 4.78 is 11.3. The average molecular weight is 539 g/mol. The van der Waals surface area contributed by atoms with Crippen molar-refractivity contribution in [3.8, 4) is 11.5 Å². The maximum atomic E-state index is 13.3. The van der Waals surface area contributed by atoms with E-state index in [1.807, 2.05) is 73.7 Å². The molecule has 196 valence electrons. The van der Waals surface area contributed by atoms with Crippen LogP contribution in [0.5, 0.6) is 11.5 Å². The van der Waals surface area contributed by atoms with Crippen LogP contribution in [0.3, 0.4) is 0 Å². The van der Waals surface area contributed by atoms with Crippen LogP contribution in [0, 0.1) is 6.92 Å². The van der Waals surface area contributed by atoms with E-state index in [1.165, 1.54) is 12.0 Å². The second-order valence-electron chi connectivity index (χ2n) is 8.99. The number of thioether (sulfide) groups is 1. The van der Waals surface area contributed by atoms with Gasteiger partial charge in [0.2, 0.25) is 0 Å². The largest absolute Gasteiger partial charge is 0.493 e. The number of anilines is 1. The summed E-state index contributed by atoms with van der Waals surface area (Å²) >= 11 is 0.874. The smallest absolute Gasteiger partial charge is 0.293 e. The number of fused-ring (bicyclic) bond motifs is 1. The Morgan fingerprint density at radius 2 is 1.69 bits per heavy atom. The van der Waals surface area contributed by atoms with E-state index in [0.29, 0.717) is 22.7 Å². The maximum Gasteiger partial charge on any atom is 0.293 e. The van der Waals surface area contributed by atoms with Crippen molar-refractivity contribution in [1.82, 2.24) is 4.90 Å². The van der Waals surface area contributed by atoms with Crippen LogP contribution in [-0.4, -0.2) is 35.7 Å². The first-order chi connectivity index (χ1) is 18.9. The summed E-state index contributed by atoms with van der Waals surface area (Å²) in [6.07, 6.45) is 1.60. The zero-order chi connectivity index (χ0) is 27.4. The molecule has 0 saturated carbocycles. The molecule has 1 saturated heterocycles. The van der Waals surface area contributed by atoms with E-state index in [0.717, 1.165) is 33.7 Å². The molecule has 0 spiro atoms. The van der Waals surface area contributed by atoms with Gasteiger partial charge in [-0.15, -0.1) is 0 Å². The summed E-state index contributed by atoms with van der Waals surface area (Å²) in [7, 11) is 1.50. The Morgan fingerprint density at radius 3 is 2.49 bits per heavy atom. The van der Waals surface area contributed by atoms with Gasteiger partial charge in [-0.3, -0.25) is 19.3 Å². The van der Waals surface area contributed by atoms with E-state index in [-0.39, 0.29) is 35.1 Å². The molecule has 1 aliphatic rings. The van der Waals surface area contributed by atoms with Crippen molar-refractivity contribution in [3.63, 3.8) is 0 Å². The van der Waals surface area contributed by atoms with Gasteiger partial charge in [0.1, 0.15) is 0 Å². The van der Waals surface area contributed by atoms with Crippen LogP contribution in [0.25, 0.3) is 16.8 Å². The molecular weight excluding hydrogens is 512 g/mol. The zero-order valence-corrected chi connectivity index (χ0v) is 22.3. The summed E-state index contributed by atoms with van der Waals surface area (Å²) in [6.45, 7) is 1.87. The van der Waals surface area contributed by atoms with Gasteiger partial charge in [0.05, 0.1) is 18.6 Å². The number of ether oxygens (including phenoxy) is 2. The SMILES string of the molecule is COc1cccc(/C=C2/SC(=O)N(Cc3cccc4ccccc34)C2=O)c1OCC(=O)Nc1ccc(C)cc1. The third-order valence-electron chi connectivity index (χ3n) is 6.28. The highest BCUT2D eigenvalue weighted by Crippen LogP contribution is 2.38. The highest BCUT2D eigenvalue weighted by molar-refractivity contribution is 8.18. The second kappa shape index (κ2) is 11.4. The lowest BCUT2D eigenvalue weighted by atomic mass is 10.0. The van der Waals surface area contributed by atoms with Crippen molar-refractivity contribution in [3.05, 3.63) is 107 Å². The van der Waals surface area contributed by atoms with Gasteiger partial charge < -0.3 is 14.8 Å². The number of rotatable bonds is 8. The second-order valence-corrected chi connectivity index (χ2v) is 9.98. The molecule has 0 unspecified atom stereocenters. The summed E-state index contributed by atoms with van der Waals surface area (Å²) in [4.78, 5) is 40.2. The first-order valence-electron chi connectivity index (χ1n) is 12.3. The quantitative estimate of drug-likeness (QED) is 0.261. The Balaban J connectivity index is 1.35. The number of methoxy groups -OCH3 is 1. The minimum Gasteiger partial charge on any atom is -0.493 e. The summed E-state index contributed by atoms with van der Waals surface area (Å²) in [5.41, 5.74) is 3.16. The Labute approximate surface area is 230 Å². The molecule has 0 aliphatic carbocycles. The number of nitrogens with zero attached hydrogens (tertiary/aromatic N) is 1. The molecule has 4 aromatic rings. The molecule has 1 fully saturated rings. The average Bonchev–Trinajstić information content (AvgIpc) is 3.20. The number of carbonyl (C=O) groups is 3. The van der Waals surface area contributed by atoms with E-state index < -0.39 is 0 Å². The summed E-state index contributed by atoms with van der Waals surface area (Å²) in [5.74, 6) is -0.0169. The Kier molecular flexibility index (Phi) is 7.65. The highest BCUT2D eigenvalue weighted by Gasteiger charge is 2.35. The Hall–Kier alpha value is -4.56. The maximum absolute atomic E-state index is 13.3. The standard InChI is InChI=1S/C31H26N2O5S/c1-20-13-15-24(16-14-20)32-28(34)19-38-29-22(9-6-12-26(29)37-2)17-27-30(35)33(31(36)39-27)18-23-10-5-8-21-7-3-4-11-25(21)23/h3-17H,18-19H2,1-2H3,(H,32,34)/b27-17+. The van der Waals surface area contributed by atoms with Crippen molar-refractivity contribution in [2.75, 3.05) is 19.0 Å². The molecule has 1 N–H and O–H groups in total. The number of nitrogens with one attached hydrogen (secondary N) is 1. The molecule has 0 atom stereocenters. The highest BCUT2D eigenvalue weighted by atomic mass is 32.2. The fourth-order valence-corrected chi connectivity index (χ4v) is 5.14. The number of carbonyl (C=O) groups excluding carboxylic acids is 3. The molecule has 3 amide bonds. The van der Waals surface area contributed by atoms with Gasteiger partial charge in [-0.05, 0) is 59.3 Å². The first-order valence-corrected chi connectivity index (χ1v) is 13.1. The molecular formula is C31H26N2O5S. The number of hydrogen-bond donors (Lipinski definition) is 1. The Morgan fingerprint density at radius 1 is 0.949 bits per heavy atom. The molecule has 4 aromatic carbocycles. The molecule has 39 heavy (non-hydrogen) atoms. The summed E-state index contributed by atoms with van der Waals surface area (Å²) in [5, 5.41) is 4.49. The van der Waals surface area contributed by atoms with Gasteiger partial charge in [0.15, 0.2) is 18.1 Å². The van der Waals surface area contributed by atoms with Gasteiger partial charge in [-0.1, -0.05) is 72.3 Å². The fourth-order valence-electron chi connectivity index (χ4n) is 4.31. The number of hydrogen-bond acceptors (Lipinski definition) is 6. The number of amides is 3. The van der Waals surface area contributed by atoms with Crippen molar-refractivity contribution >= 4 is 51.4 Å². The molecule has 0 bridgehead atoms. The van der Waals surface area contributed by atoms with Gasteiger partial charge >= 0.3 is 0 Å².